The Labute approximate surface area is 209 Å². The average molecular weight is 493 g/mol. The lowest BCUT2D eigenvalue weighted by atomic mass is 10.1. The van der Waals surface area contributed by atoms with Gasteiger partial charge >= 0.3 is 5.97 Å². The van der Waals surface area contributed by atoms with E-state index < -0.39 is 11.9 Å². The third kappa shape index (κ3) is 6.75. The Kier molecular flexibility index (Phi) is 9.27. The average Bonchev–Trinajstić information content (AvgIpc) is 2.92. The predicted molar refractivity (Wildman–Crippen MR) is 135 cm³/mol. The van der Waals surface area contributed by atoms with Crippen molar-refractivity contribution in [2.24, 2.45) is 5.10 Å². The standard InChI is InChI=1S/C27H28N2O7/c1-5-14-35-21-12-8-19(9-13-21)27(31)36-22-10-6-18(7-11-22)17-28-29-26(30)20-15-23(32-2)25(34-4)24(16-20)33-3/h6-13,15-17H,5,14H2,1-4H3,(H,29,30). The van der Waals surface area contributed by atoms with Crippen LogP contribution in [-0.2, 0) is 0 Å². The molecule has 3 aromatic rings. The summed E-state index contributed by atoms with van der Waals surface area (Å²) in [5.74, 6) is 1.25. The number of benzene rings is 3. The van der Waals surface area contributed by atoms with Crippen LogP contribution in [0.4, 0.5) is 0 Å². The van der Waals surface area contributed by atoms with Crippen molar-refractivity contribution >= 4 is 18.1 Å². The summed E-state index contributed by atoms with van der Waals surface area (Å²) in [6.07, 6.45) is 2.38. The molecule has 1 amide bonds. The number of hydrogen-bond donors (Lipinski definition) is 1. The van der Waals surface area contributed by atoms with E-state index in [4.69, 9.17) is 23.7 Å². The smallest absolute Gasteiger partial charge is 0.343 e. The zero-order chi connectivity index (χ0) is 25.9. The van der Waals surface area contributed by atoms with Gasteiger partial charge in [0.25, 0.3) is 5.91 Å². The van der Waals surface area contributed by atoms with Gasteiger partial charge < -0.3 is 23.7 Å². The molecule has 3 aromatic carbocycles. The maximum absolute atomic E-state index is 12.5. The summed E-state index contributed by atoms with van der Waals surface area (Å²) >= 11 is 0. The number of nitrogens with one attached hydrogen (secondary N) is 1. The summed E-state index contributed by atoms with van der Waals surface area (Å²) in [6.45, 7) is 2.64. The van der Waals surface area contributed by atoms with Crippen LogP contribution >= 0.6 is 0 Å². The van der Waals surface area contributed by atoms with E-state index in [1.807, 2.05) is 6.92 Å². The highest BCUT2D eigenvalue weighted by molar-refractivity contribution is 5.96. The zero-order valence-electron chi connectivity index (χ0n) is 20.6. The van der Waals surface area contributed by atoms with E-state index in [9.17, 15) is 9.59 Å². The van der Waals surface area contributed by atoms with Gasteiger partial charge in [0.1, 0.15) is 11.5 Å². The molecule has 0 aliphatic heterocycles. The van der Waals surface area contributed by atoms with Crippen LogP contribution in [0, 0.1) is 0 Å². The number of nitrogens with zero attached hydrogens (tertiary/aromatic N) is 1. The van der Waals surface area contributed by atoms with Gasteiger partial charge in [-0.05, 0) is 72.6 Å². The zero-order valence-corrected chi connectivity index (χ0v) is 20.6. The van der Waals surface area contributed by atoms with Crippen LogP contribution in [0.15, 0.2) is 65.8 Å². The summed E-state index contributed by atoms with van der Waals surface area (Å²) in [5, 5.41) is 3.98. The van der Waals surface area contributed by atoms with E-state index in [1.54, 1.807) is 48.5 Å². The Morgan fingerprint density at radius 2 is 1.44 bits per heavy atom. The Morgan fingerprint density at radius 3 is 2.00 bits per heavy atom. The number of rotatable bonds is 11. The first-order valence-corrected chi connectivity index (χ1v) is 11.2. The number of hydrazone groups is 1. The van der Waals surface area contributed by atoms with Crippen LogP contribution < -0.4 is 29.1 Å². The Hall–Kier alpha value is -4.53. The molecule has 0 aliphatic carbocycles. The Morgan fingerprint density at radius 1 is 0.833 bits per heavy atom. The maximum atomic E-state index is 12.5. The predicted octanol–water partition coefficient (Wildman–Crippen LogP) is 4.48. The van der Waals surface area contributed by atoms with Gasteiger partial charge in [0.2, 0.25) is 5.75 Å². The number of amides is 1. The van der Waals surface area contributed by atoms with Crippen molar-refractivity contribution in [2.45, 2.75) is 13.3 Å². The van der Waals surface area contributed by atoms with Gasteiger partial charge in [-0.25, -0.2) is 10.2 Å². The van der Waals surface area contributed by atoms with E-state index in [1.165, 1.54) is 39.7 Å². The molecular formula is C27H28N2O7. The van der Waals surface area contributed by atoms with Crippen molar-refractivity contribution < 1.29 is 33.3 Å². The minimum Gasteiger partial charge on any atom is -0.494 e. The molecule has 9 heteroatoms. The maximum Gasteiger partial charge on any atom is 0.343 e. The molecule has 0 aromatic heterocycles. The fourth-order valence-electron chi connectivity index (χ4n) is 3.14. The van der Waals surface area contributed by atoms with Gasteiger partial charge in [0.05, 0.1) is 39.7 Å². The van der Waals surface area contributed by atoms with Crippen molar-refractivity contribution in [3.05, 3.63) is 77.4 Å². The van der Waals surface area contributed by atoms with Crippen LogP contribution in [-0.4, -0.2) is 46.0 Å². The minimum atomic E-state index is -0.476. The molecule has 0 saturated carbocycles. The van der Waals surface area contributed by atoms with E-state index >= 15 is 0 Å². The molecule has 0 bridgehead atoms. The molecule has 9 nitrogen and oxygen atoms in total. The number of hydrogen-bond acceptors (Lipinski definition) is 8. The van der Waals surface area contributed by atoms with Gasteiger partial charge in [0.15, 0.2) is 11.5 Å². The number of carbonyl (C=O) groups is 2. The summed E-state index contributed by atoms with van der Waals surface area (Å²) in [7, 11) is 4.42. The molecule has 0 radical (unpaired) electrons. The fourth-order valence-corrected chi connectivity index (χ4v) is 3.14. The molecule has 36 heavy (non-hydrogen) atoms. The SMILES string of the molecule is CCCOc1ccc(C(=O)Oc2ccc(C=NNC(=O)c3cc(OC)c(OC)c(OC)c3)cc2)cc1. The molecule has 0 unspecified atom stereocenters. The lowest BCUT2D eigenvalue weighted by molar-refractivity contribution is 0.0734. The second-order valence-electron chi connectivity index (χ2n) is 7.44. The number of esters is 1. The molecular weight excluding hydrogens is 464 g/mol. The molecule has 1 N–H and O–H groups in total. The van der Waals surface area contributed by atoms with Gasteiger partial charge in [-0.1, -0.05) is 6.92 Å². The molecule has 0 fully saturated rings. The second kappa shape index (κ2) is 12.8. The number of methoxy groups -OCH3 is 3. The van der Waals surface area contributed by atoms with Gasteiger partial charge in [-0.3, -0.25) is 4.79 Å². The van der Waals surface area contributed by atoms with Crippen LogP contribution in [0.5, 0.6) is 28.7 Å². The normalized spacial score (nSPS) is 10.6. The van der Waals surface area contributed by atoms with Crippen LogP contribution in [0.3, 0.4) is 0 Å². The van der Waals surface area contributed by atoms with Crippen LogP contribution in [0.25, 0.3) is 0 Å². The highest BCUT2D eigenvalue weighted by Crippen LogP contribution is 2.38. The molecule has 0 atom stereocenters. The summed E-state index contributed by atoms with van der Waals surface area (Å²) in [4.78, 5) is 24.9. The Bertz CT molecular complexity index is 1180. The lowest BCUT2D eigenvalue weighted by Crippen LogP contribution is -2.18. The molecule has 0 aliphatic rings. The number of ether oxygens (including phenoxy) is 5. The molecule has 188 valence electrons. The fraction of sp³-hybridized carbons (Fsp3) is 0.222. The minimum absolute atomic E-state index is 0.286. The first-order valence-electron chi connectivity index (χ1n) is 11.2. The summed E-state index contributed by atoms with van der Waals surface area (Å²) in [5.41, 5.74) is 3.85. The lowest BCUT2D eigenvalue weighted by Gasteiger charge is -2.13. The molecule has 3 rings (SSSR count). The number of carbonyl (C=O) groups excluding carboxylic acids is 2. The van der Waals surface area contributed by atoms with Gasteiger partial charge in [-0.15, -0.1) is 0 Å². The highest BCUT2D eigenvalue weighted by atomic mass is 16.5. The first kappa shape index (κ1) is 26.1. The largest absolute Gasteiger partial charge is 0.494 e. The van der Waals surface area contributed by atoms with E-state index in [0.717, 1.165) is 6.42 Å². The van der Waals surface area contributed by atoms with Crippen molar-refractivity contribution in [1.29, 1.82) is 0 Å². The van der Waals surface area contributed by atoms with E-state index in [2.05, 4.69) is 10.5 Å². The summed E-state index contributed by atoms with van der Waals surface area (Å²) < 4.78 is 26.7. The van der Waals surface area contributed by atoms with Crippen molar-refractivity contribution in [2.75, 3.05) is 27.9 Å². The van der Waals surface area contributed by atoms with Crippen molar-refractivity contribution in [3.63, 3.8) is 0 Å². The topological polar surface area (TPSA) is 105 Å². The van der Waals surface area contributed by atoms with Crippen molar-refractivity contribution in [1.82, 2.24) is 5.43 Å². The van der Waals surface area contributed by atoms with E-state index in [0.29, 0.717) is 46.5 Å². The van der Waals surface area contributed by atoms with Crippen LogP contribution in [0.2, 0.25) is 0 Å². The first-order chi connectivity index (χ1) is 17.5. The van der Waals surface area contributed by atoms with Crippen molar-refractivity contribution in [3.8, 4) is 28.7 Å². The molecule has 0 heterocycles. The Balaban J connectivity index is 1.58. The monoisotopic (exact) mass is 492 g/mol. The third-order valence-corrected chi connectivity index (χ3v) is 4.96. The van der Waals surface area contributed by atoms with Gasteiger partial charge in [-0.2, -0.15) is 5.10 Å². The highest BCUT2D eigenvalue weighted by Gasteiger charge is 2.16. The second-order valence-corrected chi connectivity index (χ2v) is 7.44. The summed E-state index contributed by atoms with van der Waals surface area (Å²) in [6, 6.07) is 16.5. The van der Waals surface area contributed by atoms with Crippen LogP contribution in [0.1, 0.15) is 39.6 Å². The van der Waals surface area contributed by atoms with E-state index in [-0.39, 0.29) is 5.56 Å². The molecule has 0 spiro atoms. The third-order valence-electron chi connectivity index (χ3n) is 4.96. The quantitative estimate of drug-likeness (QED) is 0.182. The molecule has 0 saturated heterocycles. The van der Waals surface area contributed by atoms with Gasteiger partial charge in [0, 0.05) is 5.56 Å².